The quantitative estimate of drug-likeness (QED) is 0.439. The summed E-state index contributed by atoms with van der Waals surface area (Å²) in [5, 5.41) is 7.93. The molecule has 3 aromatic heterocycles. The fourth-order valence-electron chi connectivity index (χ4n) is 3.78. The number of aromatic nitrogens is 5. The van der Waals surface area contributed by atoms with Gasteiger partial charge >= 0.3 is 6.18 Å². The molecular weight excluding hydrogens is 417 g/mol. The van der Waals surface area contributed by atoms with E-state index in [1.165, 1.54) is 18.3 Å². The Morgan fingerprint density at radius 3 is 2.59 bits per heavy atom. The highest BCUT2D eigenvalue weighted by atomic mass is 35.5. The highest BCUT2D eigenvalue weighted by molar-refractivity contribution is 6.29. The summed E-state index contributed by atoms with van der Waals surface area (Å²) in [5.41, 5.74) is 1.38. The minimum Gasteiger partial charge on any atom is -0.256 e. The van der Waals surface area contributed by atoms with E-state index in [0.29, 0.717) is 12.0 Å². The van der Waals surface area contributed by atoms with Crippen LogP contribution < -0.4 is 0 Å². The van der Waals surface area contributed by atoms with E-state index in [1.807, 2.05) is 0 Å². The molecule has 0 aliphatic heterocycles. The molecular formula is C18H11ClF5N5. The summed E-state index contributed by atoms with van der Waals surface area (Å²) in [5.74, 6) is -1.70. The fourth-order valence-corrected chi connectivity index (χ4v) is 3.98. The van der Waals surface area contributed by atoms with Crippen LogP contribution in [0.4, 0.5) is 22.0 Å². The van der Waals surface area contributed by atoms with Gasteiger partial charge in [0.05, 0.1) is 17.9 Å². The zero-order chi connectivity index (χ0) is 20.5. The Morgan fingerprint density at radius 2 is 1.83 bits per heavy atom. The topological polar surface area (TPSA) is 48.0 Å². The first-order valence-corrected chi connectivity index (χ1v) is 9.00. The van der Waals surface area contributed by atoms with Gasteiger partial charge in [0.15, 0.2) is 10.8 Å². The predicted molar refractivity (Wildman–Crippen MR) is 93.8 cm³/mol. The maximum Gasteiger partial charge on any atom is 0.408 e. The first-order valence-electron chi connectivity index (χ1n) is 8.62. The van der Waals surface area contributed by atoms with Crippen molar-refractivity contribution in [3.8, 4) is 0 Å². The molecule has 1 aliphatic rings. The molecule has 1 aromatic carbocycles. The summed E-state index contributed by atoms with van der Waals surface area (Å²) in [6, 6.07) is 4.14. The molecule has 5 nitrogen and oxygen atoms in total. The molecule has 5 rings (SSSR count). The Balaban J connectivity index is 1.55. The van der Waals surface area contributed by atoms with E-state index in [1.54, 1.807) is 6.07 Å². The number of benzene rings is 1. The highest BCUT2D eigenvalue weighted by Crippen LogP contribution is 2.56. The second-order valence-electron chi connectivity index (χ2n) is 7.04. The predicted octanol–water partition coefficient (Wildman–Crippen LogP) is 4.84. The molecule has 0 bridgehead atoms. The van der Waals surface area contributed by atoms with Gasteiger partial charge in [-0.25, -0.2) is 9.37 Å². The van der Waals surface area contributed by atoms with Crippen LogP contribution in [-0.4, -0.2) is 30.6 Å². The first kappa shape index (κ1) is 18.3. The van der Waals surface area contributed by atoms with Gasteiger partial charge in [-0.05, 0) is 42.0 Å². The van der Waals surface area contributed by atoms with Crippen molar-refractivity contribution in [3.63, 3.8) is 0 Å². The van der Waals surface area contributed by atoms with E-state index < -0.39 is 24.5 Å². The molecule has 0 amide bonds. The van der Waals surface area contributed by atoms with E-state index in [2.05, 4.69) is 15.2 Å². The monoisotopic (exact) mass is 427 g/mol. The van der Waals surface area contributed by atoms with E-state index in [0.717, 1.165) is 15.4 Å². The van der Waals surface area contributed by atoms with E-state index in [9.17, 15) is 22.0 Å². The van der Waals surface area contributed by atoms with Crippen molar-refractivity contribution < 1.29 is 22.0 Å². The summed E-state index contributed by atoms with van der Waals surface area (Å²) in [4.78, 5) is 4.00. The average Bonchev–Trinajstić information content (AvgIpc) is 3.22. The maximum atomic E-state index is 14.7. The lowest BCUT2D eigenvalue weighted by Gasteiger charge is -2.09. The van der Waals surface area contributed by atoms with Crippen LogP contribution in [0.5, 0.6) is 0 Å². The van der Waals surface area contributed by atoms with Gasteiger partial charge < -0.3 is 0 Å². The molecule has 3 heterocycles. The second kappa shape index (κ2) is 6.12. The first-order chi connectivity index (χ1) is 13.7. The number of hydrogen-bond donors (Lipinski definition) is 0. The van der Waals surface area contributed by atoms with Crippen LogP contribution in [-0.2, 0) is 6.54 Å². The molecule has 29 heavy (non-hydrogen) atoms. The number of hydrogen-bond acceptors (Lipinski definition) is 3. The van der Waals surface area contributed by atoms with Gasteiger partial charge in [0.25, 0.3) is 0 Å². The van der Waals surface area contributed by atoms with Crippen molar-refractivity contribution in [3.05, 3.63) is 58.6 Å². The maximum absolute atomic E-state index is 14.7. The SMILES string of the molecule is Fc1cc2cnn(CC(F)(F)F)c2cc1[C@H]1C[C@@H]1c1cc(Cl)nn2c(F)cnc12. The molecule has 2 atom stereocenters. The Labute approximate surface area is 164 Å². The van der Waals surface area contributed by atoms with Crippen LogP contribution in [0.2, 0.25) is 5.15 Å². The van der Waals surface area contributed by atoms with Crippen molar-refractivity contribution in [1.82, 2.24) is 24.4 Å². The van der Waals surface area contributed by atoms with Gasteiger partial charge in [0, 0.05) is 10.9 Å². The van der Waals surface area contributed by atoms with Gasteiger partial charge in [0.1, 0.15) is 12.4 Å². The minimum atomic E-state index is -4.44. The van der Waals surface area contributed by atoms with E-state index in [-0.39, 0.29) is 39.1 Å². The number of nitrogens with zero attached hydrogens (tertiary/aromatic N) is 5. The second-order valence-corrected chi connectivity index (χ2v) is 7.42. The minimum absolute atomic E-state index is 0.0641. The zero-order valence-electron chi connectivity index (χ0n) is 14.5. The molecule has 0 radical (unpaired) electrons. The van der Waals surface area contributed by atoms with Crippen LogP contribution in [0.3, 0.4) is 0 Å². The molecule has 1 saturated carbocycles. The lowest BCUT2D eigenvalue weighted by molar-refractivity contribution is -0.141. The number of rotatable bonds is 3. The molecule has 0 unspecified atom stereocenters. The van der Waals surface area contributed by atoms with Crippen LogP contribution in [0.25, 0.3) is 16.6 Å². The standard InChI is InChI=1S/C18H11ClF5N5/c19-15-4-12(17-25-6-16(21)29(17)27-15)10-2-9(10)11-3-14-8(1-13(11)20)5-26-28(14)7-18(22,23)24/h1,3-6,9-10H,2,7H2/t9-,10-/m0/s1. The average molecular weight is 428 g/mol. The van der Waals surface area contributed by atoms with Gasteiger partial charge in [0.2, 0.25) is 5.95 Å². The lowest BCUT2D eigenvalue weighted by atomic mass is 10.0. The Kier molecular flexibility index (Phi) is 3.86. The zero-order valence-corrected chi connectivity index (χ0v) is 15.2. The van der Waals surface area contributed by atoms with Crippen LogP contribution >= 0.6 is 11.6 Å². The normalized spacial score (nSPS) is 19.4. The highest BCUT2D eigenvalue weighted by Gasteiger charge is 2.43. The molecule has 0 saturated heterocycles. The van der Waals surface area contributed by atoms with E-state index in [4.69, 9.17) is 11.6 Å². The van der Waals surface area contributed by atoms with Crippen LogP contribution in [0, 0.1) is 11.8 Å². The molecule has 1 aliphatic carbocycles. The summed E-state index contributed by atoms with van der Waals surface area (Å²) in [6.07, 6.45) is -1.69. The van der Waals surface area contributed by atoms with Crippen molar-refractivity contribution in [2.45, 2.75) is 31.0 Å². The molecule has 0 spiro atoms. The third-order valence-electron chi connectivity index (χ3n) is 5.10. The van der Waals surface area contributed by atoms with E-state index >= 15 is 0 Å². The summed E-state index contributed by atoms with van der Waals surface area (Å²) < 4.78 is 68.6. The van der Waals surface area contributed by atoms with Crippen molar-refractivity contribution in [2.75, 3.05) is 0 Å². The van der Waals surface area contributed by atoms with Gasteiger partial charge in [-0.2, -0.15) is 32.3 Å². The fraction of sp³-hybridized carbons (Fsp3) is 0.278. The molecule has 11 heteroatoms. The Morgan fingerprint density at radius 1 is 1.07 bits per heavy atom. The third-order valence-corrected chi connectivity index (χ3v) is 5.29. The molecule has 0 N–H and O–H groups in total. The summed E-state index contributed by atoms with van der Waals surface area (Å²) >= 11 is 5.98. The smallest absolute Gasteiger partial charge is 0.256 e. The van der Waals surface area contributed by atoms with Gasteiger partial charge in [-0.15, -0.1) is 0 Å². The third kappa shape index (κ3) is 3.11. The van der Waals surface area contributed by atoms with Crippen LogP contribution in [0.1, 0.15) is 29.4 Å². The molecule has 4 aromatic rings. The van der Waals surface area contributed by atoms with Crippen molar-refractivity contribution in [2.24, 2.45) is 0 Å². The Bertz CT molecular complexity index is 1260. The largest absolute Gasteiger partial charge is 0.408 e. The lowest BCUT2D eigenvalue weighted by Crippen LogP contribution is -2.18. The molecule has 1 fully saturated rings. The van der Waals surface area contributed by atoms with Crippen molar-refractivity contribution >= 4 is 28.2 Å². The Hall–Kier alpha value is -2.75. The van der Waals surface area contributed by atoms with Gasteiger partial charge in [-0.1, -0.05) is 11.6 Å². The number of halogens is 6. The number of fused-ring (bicyclic) bond motifs is 2. The number of imidazole rings is 1. The van der Waals surface area contributed by atoms with Crippen molar-refractivity contribution in [1.29, 1.82) is 0 Å². The summed E-state index contributed by atoms with van der Waals surface area (Å²) in [6.45, 7) is -1.26. The van der Waals surface area contributed by atoms with Crippen LogP contribution in [0.15, 0.2) is 30.6 Å². The van der Waals surface area contributed by atoms with Gasteiger partial charge in [-0.3, -0.25) is 4.68 Å². The number of alkyl halides is 3. The molecule has 150 valence electrons. The summed E-state index contributed by atoms with van der Waals surface area (Å²) in [7, 11) is 0.